The lowest BCUT2D eigenvalue weighted by Crippen LogP contribution is -2.19. The summed E-state index contributed by atoms with van der Waals surface area (Å²) in [5.74, 6) is -1.19. The molecule has 0 saturated carbocycles. The first kappa shape index (κ1) is 11.7. The van der Waals surface area contributed by atoms with E-state index in [0.717, 1.165) is 27.0 Å². The molecule has 0 saturated heterocycles. The minimum absolute atomic E-state index is 0.0717. The smallest absolute Gasteiger partial charge is 0.285 e. The van der Waals surface area contributed by atoms with Gasteiger partial charge in [0.15, 0.2) is 0 Å². The summed E-state index contributed by atoms with van der Waals surface area (Å²) in [5, 5.41) is 0.824. The largest absolute Gasteiger partial charge is 0.363 e. The van der Waals surface area contributed by atoms with Gasteiger partial charge in [-0.15, -0.1) is 11.3 Å². The predicted octanol–water partition coefficient (Wildman–Crippen LogP) is 4.38. The maximum Gasteiger partial charge on any atom is 0.363 e. The molecule has 0 amide bonds. The summed E-state index contributed by atoms with van der Waals surface area (Å²) in [6.07, 6.45) is 0. The van der Waals surface area contributed by atoms with Crippen LogP contribution in [0.25, 0.3) is 10.1 Å². The average Bonchev–Trinajstić information content (AvgIpc) is 2.57. The summed E-state index contributed by atoms with van der Waals surface area (Å²) in [6.45, 7) is 1.91. The molecule has 0 atom stereocenters. The zero-order valence-electron chi connectivity index (χ0n) is 8.26. The Hall–Kier alpha value is -0.810. The number of rotatable bonds is 2. The minimum atomic E-state index is -3.48. The Kier molecular flexibility index (Phi) is 2.84. The van der Waals surface area contributed by atoms with E-state index in [-0.39, 0.29) is 4.88 Å². The second-order valence-corrected chi connectivity index (χ2v) is 5.56. The average molecular weight is 305 g/mol. The Morgan fingerprint density at radius 3 is 2.69 bits per heavy atom. The molecule has 5 heteroatoms. The molecule has 0 aliphatic carbocycles. The predicted molar refractivity (Wildman–Crippen MR) is 64.8 cm³/mol. The van der Waals surface area contributed by atoms with Gasteiger partial charge in [0.05, 0.1) is 4.88 Å². The molecule has 0 aliphatic heterocycles. The fraction of sp³-hybridized carbons (Fsp3) is 0.182. The van der Waals surface area contributed by atoms with E-state index in [9.17, 15) is 13.6 Å². The van der Waals surface area contributed by atoms with E-state index >= 15 is 0 Å². The van der Waals surface area contributed by atoms with E-state index in [2.05, 4.69) is 15.9 Å². The molecule has 1 aromatic heterocycles. The van der Waals surface area contributed by atoms with Crippen molar-refractivity contribution in [2.75, 3.05) is 0 Å². The summed E-state index contributed by atoms with van der Waals surface area (Å²) in [5.41, 5.74) is 1.04. The third-order valence-corrected chi connectivity index (χ3v) is 3.63. The summed E-state index contributed by atoms with van der Waals surface area (Å²) in [6, 6.07) is 7.09. The number of thiophene rings is 1. The highest BCUT2D eigenvalue weighted by atomic mass is 79.9. The number of benzene rings is 1. The number of hydrogen-bond acceptors (Lipinski definition) is 2. The maximum absolute atomic E-state index is 12.8. The van der Waals surface area contributed by atoms with E-state index < -0.39 is 10.6 Å². The quantitative estimate of drug-likeness (QED) is 0.594. The first-order valence-electron chi connectivity index (χ1n) is 4.49. The van der Waals surface area contributed by atoms with Crippen molar-refractivity contribution in [2.45, 2.75) is 11.8 Å². The second kappa shape index (κ2) is 3.89. The van der Waals surface area contributed by atoms with Gasteiger partial charge in [0, 0.05) is 4.70 Å². The van der Waals surface area contributed by atoms with Crippen molar-refractivity contribution in [3.8, 4) is 0 Å². The van der Waals surface area contributed by atoms with Crippen LogP contribution in [0.2, 0.25) is 0 Å². The molecule has 0 spiro atoms. The number of alkyl halides is 3. The van der Waals surface area contributed by atoms with Gasteiger partial charge in [-0.25, -0.2) is 0 Å². The SMILES string of the molecule is Cc1ccc2sc(C(=O)C(F)(F)Br)cc2c1. The zero-order chi connectivity index (χ0) is 11.9. The molecule has 84 valence electrons. The fourth-order valence-electron chi connectivity index (χ4n) is 1.41. The fourth-order valence-corrected chi connectivity index (χ4v) is 2.77. The minimum Gasteiger partial charge on any atom is -0.285 e. The van der Waals surface area contributed by atoms with Crippen LogP contribution in [-0.4, -0.2) is 10.6 Å². The molecule has 1 nitrogen and oxygen atoms in total. The van der Waals surface area contributed by atoms with Crippen molar-refractivity contribution in [1.82, 2.24) is 0 Å². The van der Waals surface area contributed by atoms with Crippen molar-refractivity contribution in [2.24, 2.45) is 0 Å². The van der Waals surface area contributed by atoms with Gasteiger partial charge in [-0.1, -0.05) is 17.7 Å². The molecule has 0 aliphatic rings. The van der Waals surface area contributed by atoms with Crippen LogP contribution in [0.4, 0.5) is 8.78 Å². The highest BCUT2D eigenvalue weighted by Crippen LogP contribution is 2.33. The number of ketones is 1. The van der Waals surface area contributed by atoms with Gasteiger partial charge < -0.3 is 0 Å². The normalized spacial score (nSPS) is 12.0. The molecule has 1 aromatic carbocycles. The number of aryl methyl sites for hydroxylation is 1. The Morgan fingerprint density at radius 2 is 2.06 bits per heavy atom. The third-order valence-electron chi connectivity index (χ3n) is 2.15. The molecule has 16 heavy (non-hydrogen) atoms. The van der Waals surface area contributed by atoms with Gasteiger partial charge in [0.2, 0.25) is 0 Å². The highest BCUT2D eigenvalue weighted by molar-refractivity contribution is 9.10. The van der Waals surface area contributed by atoms with Crippen molar-refractivity contribution < 1.29 is 13.6 Å². The van der Waals surface area contributed by atoms with Crippen LogP contribution in [0.5, 0.6) is 0 Å². The van der Waals surface area contributed by atoms with E-state index in [1.807, 2.05) is 25.1 Å². The monoisotopic (exact) mass is 304 g/mol. The highest BCUT2D eigenvalue weighted by Gasteiger charge is 2.36. The molecular weight excluding hydrogens is 298 g/mol. The Morgan fingerprint density at radius 1 is 1.38 bits per heavy atom. The van der Waals surface area contributed by atoms with Gasteiger partial charge in [-0.2, -0.15) is 8.78 Å². The van der Waals surface area contributed by atoms with E-state index in [4.69, 9.17) is 0 Å². The first-order valence-corrected chi connectivity index (χ1v) is 6.10. The molecule has 2 rings (SSSR count). The molecule has 2 aromatic rings. The Balaban J connectivity index is 2.52. The summed E-state index contributed by atoms with van der Waals surface area (Å²) >= 11 is 3.16. The van der Waals surface area contributed by atoms with E-state index in [1.165, 1.54) is 6.07 Å². The summed E-state index contributed by atoms with van der Waals surface area (Å²) in [7, 11) is 0. The number of halogens is 3. The molecule has 0 bridgehead atoms. The van der Waals surface area contributed by atoms with Gasteiger partial charge in [-0.3, -0.25) is 4.79 Å². The van der Waals surface area contributed by atoms with Crippen molar-refractivity contribution in [3.05, 3.63) is 34.7 Å². The van der Waals surface area contributed by atoms with Crippen LogP contribution in [0, 0.1) is 6.92 Å². The Labute approximate surface area is 103 Å². The first-order chi connectivity index (χ1) is 7.38. The lowest BCUT2D eigenvalue weighted by atomic mass is 10.2. The molecule has 1 heterocycles. The Bertz CT molecular complexity index is 557. The maximum atomic E-state index is 12.8. The lowest BCUT2D eigenvalue weighted by Gasteiger charge is -2.03. The second-order valence-electron chi connectivity index (χ2n) is 3.48. The van der Waals surface area contributed by atoms with Crippen LogP contribution < -0.4 is 0 Å². The molecule has 0 radical (unpaired) electrons. The van der Waals surface area contributed by atoms with Crippen LogP contribution >= 0.6 is 27.3 Å². The van der Waals surface area contributed by atoms with Gasteiger partial charge in [0.25, 0.3) is 5.78 Å². The van der Waals surface area contributed by atoms with E-state index in [0.29, 0.717) is 0 Å². The van der Waals surface area contributed by atoms with Gasteiger partial charge >= 0.3 is 4.83 Å². The number of hydrogen-bond donors (Lipinski definition) is 0. The topological polar surface area (TPSA) is 17.1 Å². The number of carbonyl (C=O) groups is 1. The van der Waals surface area contributed by atoms with Crippen molar-refractivity contribution in [1.29, 1.82) is 0 Å². The number of carbonyl (C=O) groups excluding carboxylic acids is 1. The summed E-state index contributed by atoms with van der Waals surface area (Å²) < 4.78 is 26.4. The standard InChI is InChI=1S/C11H7BrF2OS/c1-6-2-3-8-7(4-6)5-9(16-8)10(15)11(12,13)14/h2-5H,1H3. The van der Waals surface area contributed by atoms with Crippen LogP contribution in [-0.2, 0) is 0 Å². The van der Waals surface area contributed by atoms with E-state index in [1.54, 1.807) is 0 Å². The van der Waals surface area contributed by atoms with Crippen LogP contribution in [0.1, 0.15) is 15.2 Å². The summed E-state index contributed by atoms with van der Waals surface area (Å²) in [4.78, 5) is 7.92. The van der Waals surface area contributed by atoms with Gasteiger partial charge in [0.1, 0.15) is 0 Å². The van der Waals surface area contributed by atoms with Crippen LogP contribution in [0.3, 0.4) is 0 Å². The molecule has 0 fully saturated rings. The number of fused-ring (bicyclic) bond motifs is 1. The lowest BCUT2D eigenvalue weighted by molar-refractivity contribution is 0.0597. The molecule has 0 unspecified atom stereocenters. The van der Waals surface area contributed by atoms with Crippen LogP contribution in [0.15, 0.2) is 24.3 Å². The van der Waals surface area contributed by atoms with Gasteiger partial charge in [-0.05, 0) is 40.4 Å². The zero-order valence-corrected chi connectivity index (χ0v) is 10.7. The third kappa shape index (κ3) is 2.15. The molecular formula is C11H7BrF2OS. The number of Topliss-reactive ketones (excluding diaryl/α,β-unsaturated/α-hetero) is 1. The van der Waals surface area contributed by atoms with Crippen molar-refractivity contribution in [3.63, 3.8) is 0 Å². The van der Waals surface area contributed by atoms with Crippen molar-refractivity contribution >= 4 is 43.1 Å². The molecule has 0 N–H and O–H groups in total.